The second-order valence-electron chi connectivity index (χ2n) is 5.89. The Morgan fingerprint density at radius 1 is 1.29 bits per heavy atom. The van der Waals surface area contributed by atoms with Gasteiger partial charge in [-0.25, -0.2) is 4.79 Å². The lowest BCUT2D eigenvalue weighted by Crippen LogP contribution is -2.24. The third kappa shape index (κ3) is 5.91. The molecule has 2 aromatic carbocycles. The summed E-state index contributed by atoms with van der Waals surface area (Å²) in [5, 5.41) is 22.6. The van der Waals surface area contributed by atoms with Gasteiger partial charge in [0.15, 0.2) is 11.5 Å². The molecular weight excluding hydrogens is 426 g/mol. The number of halogens is 1. The molecule has 0 aliphatic rings. The molecule has 0 saturated heterocycles. The maximum absolute atomic E-state index is 12.5. The average molecular weight is 442 g/mol. The number of rotatable bonds is 8. The van der Waals surface area contributed by atoms with Crippen LogP contribution >= 0.6 is 11.6 Å². The van der Waals surface area contributed by atoms with Crippen LogP contribution in [0.1, 0.15) is 15.9 Å². The lowest BCUT2D eigenvalue weighted by molar-refractivity contribution is -0.384. The van der Waals surface area contributed by atoms with E-state index in [4.69, 9.17) is 21.1 Å². The topological polar surface area (TPSA) is 132 Å². The van der Waals surface area contributed by atoms with Crippen molar-refractivity contribution in [1.29, 1.82) is 5.26 Å². The smallest absolute Gasteiger partial charge is 0.345 e. The lowest BCUT2D eigenvalue weighted by Gasteiger charge is -2.11. The van der Waals surface area contributed by atoms with E-state index in [1.165, 1.54) is 49.6 Å². The second kappa shape index (κ2) is 10.6. The number of hydrogen-bond donors (Lipinski definition) is 1. The van der Waals surface area contributed by atoms with E-state index in [9.17, 15) is 25.0 Å². The fourth-order valence-electron chi connectivity index (χ4n) is 2.37. The molecule has 0 spiro atoms. The Balaban J connectivity index is 2.31. The molecular formula is C21H16ClN3O6. The number of carbonyl (C=O) groups excluding carboxylic acids is 2. The Morgan fingerprint density at radius 3 is 2.65 bits per heavy atom. The number of benzene rings is 2. The number of nitriles is 1. The van der Waals surface area contributed by atoms with Gasteiger partial charge in [0.25, 0.3) is 11.6 Å². The highest BCUT2D eigenvalue weighted by atomic mass is 35.5. The predicted molar refractivity (Wildman–Crippen MR) is 113 cm³/mol. The largest absolute Gasteiger partial charge is 0.493 e. The first-order valence-corrected chi connectivity index (χ1v) is 9.03. The van der Waals surface area contributed by atoms with E-state index < -0.39 is 16.8 Å². The van der Waals surface area contributed by atoms with Crippen LogP contribution in [-0.4, -0.2) is 30.5 Å². The van der Waals surface area contributed by atoms with Crippen molar-refractivity contribution in [3.8, 4) is 17.6 Å². The van der Waals surface area contributed by atoms with E-state index in [0.717, 1.165) is 6.07 Å². The number of amides is 1. The van der Waals surface area contributed by atoms with Crippen molar-refractivity contribution in [1.82, 2.24) is 5.32 Å². The number of carbonyl (C=O) groups is 2. The monoisotopic (exact) mass is 441 g/mol. The fourth-order valence-corrected chi connectivity index (χ4v) is 2.57. The highest BCUT2D eigenvalue weighted by molar-refractivity contribution is 6.33. The molecule has 158 valence electrons. The van der Waals surface area contributed by atoms with Crippen LogP contribution in [0.5, 0.6) is 11.5 Å². The molecule has 1 N–H and O–H groups in total. The summed E-state index contributed by atoms with van der Waals surface area (Å²) in [6.45, 7) is 3.69. The number of methoxy groups -OCH3 is 1. The molecule has 0 aliphatic heterocycles. The zero-order chi connectivity index (χ0) is 23.0. The van der Waals surface area contributed by atoms with Gasteiger partial charge in [-0.3, -0.25) is 14.9 Å². The van der Waals surface area contributed by atoms with Gasteiger partial charge >= 0.3 is 5.97 Å². The van der Waals surface area contributed by atoms with E-state index in [1.54, 1.807) is 6.07 Å². The molecule has 0 aromatic heterocycles. The van der Waals surface area contributed by atoms with Crippen molar-refractivity contribution in [3.63, 3.8) is 0 Å². The summed E-state index contributed by atoms with van der Waals surface area (Å²) >= 11 is 5.96. The number of nitrogens with zero attached hydrogens (tertiary/aromatic N) is 2. The molecule has 31 heavy (non-hydrogen) atoms. The van der Waals surface area contributed by atoms with Crippen LogP contribution in [0.25, 0.3) is 6.08 Å². The second-order valence-corrected chi connectivity index (χ2v) is 6.30. The van der Waals surface area contributed by atoms with Crippen molar-refractivity contribution >= 4 is 35.2 Å². The van der Waals surface area contributed by atoms with Crippen LogP contribution in [-0.2, 0) is 4.79 Å². The van der Waals surface area contributed by atoms with Gasteiger partial charge in [-0.05, 0) is 29.8 Å². The van der Waals surface area contributed by atoms with Gasteiger partial charge in [0.05, 0.1) is 22.6 Å². The fraction of sp³-hybridized carbons (Fsp3) is 0.0952. The number of hydrogen-bond acceptors (Lipinski definition) is 7. The molecule has 0 fully saturated rings. The van der Waals surface area contributed by atoms with E-state index in [1.807, 2.05) is 0 Å². The summed E-state index contributed by atoms with van der Waals surface area (Å²) in [6, 6.07) is 9.55. The van der Waals surface area contributed by atoms with Crippen LogP contribution < -0.4 is 14.8 Å². The molecule has 10 heteroatoms. The van der Waals surface area contributed by atoms with Gasteiger partial charge in [-0.15, -0.1) is 6.58 Å². The van der Waals surface area contributed by atoms with Crippen molar-refractivity contribution in [2.24, 2.45) is 0 Å². The highest BCUT2D eigenvalue weighted by Crippen LogP contribution is 2.31. The van der Waals surface area contributed by atoms with Crippen LogP contribution in [0.4, 0.5) is 5.69 Å². The minimum atomic E-state index is -0.920. The normalized spacial score (nSPS) is 10.5. The minimum absolute atomic E-state index is 0.0154. The number of nitro groups is 1. The quantitative estimate of drug-likeness (QED) is 0.126. The van der Waals surface area contributed by atoms with E-state index >= 15 is 0 Å². The molecule has 9 nitrogen and oxygen atoms in total. The van der Waals surface area contributed by atoms with Gasteiger partial charge in [0, 0.05) is 18.7 Å². The van der Waals surface area contributed by atoms with E-state index in [2.05, 4.69) is 11.9 Å². The third-order valence-electron chi connectivity index (χ3n) is 3.85. The highest BCUT2D eigenvalue weighted by Gasteiger charge is 2.19. The Bertz CT molecular complexity index is 1120. The zero-order valence-electron chi connectivity index (χ0n) is 16.3. The van der Waals surface area contributed by atoms with Gasteiger partial charge in [0.2, 0.25) is 0 Å². The number of nitrogens with one attached hydrogen (secondary N) is 1. The number of nitro benzene ring substituents is 1. The van der Waals surface area contributed by atoms with E-state index in [-0.39, 0.29) is 39.9 Å². The van der Waals surface area contributed by atoms with Crippen LogP contribution in [0, 0.1) is 21.4 Å². The Labute approximate surface area is 182 Å². The maximum atomic E-state index is 12.5. The first kappa shape index (κ1) is 23.1. The van der Waals surface area contributed by atoms with Gasteiger partial charge in [0.1, 0.15) is 11.6 Å². The maximum Gasteiger partial charge on any atom is 0.345 e. The van der Waals surface area contributed by atoms with Crippen molar-refractivity contribution < 1.29 is 24.0 Å². The Hall–Kier alpha value is -4.16. The summed E-state index contributed by atoms with van der Waals surface area (Å²) in [6.07, 6.45) is 2.82. The zero-order valence-corrected chi connectivity index (χ0v) is 17.0. The van der Waals surface area contributed by atoms with Gasteiger partial charge < -0.3 is 14.8 Å². The van der Waals surface area contributed by atoms with Crippen molar-refractivity contribution in [2.45, 2.75) is 0 Å². The molecule has 2 aromatic rings. The van der Waals surface area contributed by atoms with Gasteiger partial charge in [-0.1, -0.05) is 23.7 Å². The summed E-state index contributed by atoms with van der Waals surface area (Å²) in [7, 11) is 1.34. The summed E-state index contributed by atoms with van der Waals surface area (Å²) in [5.74, 6) is -1.34. The molecule has 0 heterocycles. The summed E-state index contributed by atoms with van der Waals surface area (Å²) in [5.41, 5.74) is -0.206. The lowest BCUT2D eigenvalue weighted by atomic mass is 10.1. The standard InChI is InChI=1S/C21H16ClN3O6/c1-3-8-24-20(26)14(12-23)9-13-4-7-18(19(10-13)30-2)31-21(27)16-11-15(25(28)29)5-6-17(16)22/h3-7,9-11H,1,8H2,2H3,(H,24,26). The first-order chi connectivity index (χ1) is 14.8. The van der Waals surface area contributed by atoms with E-state index in [0.29, 0.717) is 5.56 Å². The van der Waals surface area contributed by atoms with Crippen LogP contribution in [0.3, 0.4) is 0 Å². The average Bonchev–Trinajstić information content (AvgIpc) is 2.76. The van der Waals surface area contributed by atoms with Gasteiger partial charge in [-0.2, -0.15) is 5.26 Å². The van der Waals surface area contributed by atoms with Crippen LogP contribution in [0.2, 0.25) is 5.02 Å². The first-order valence-electron chi connectivity index (χ1n) is 8.65. The molecule has 0 saturated carbocycles. The van der Waals surface area contributed by atoms with Crippen LogP contribution in [0.15, 0.2) is 54.6 Å². The molecule has 0 bridgehead atoms. The molecule has 0 radical (unpaired) electrons. The molecule has 0 unspecified atom stereocenters. The number of esters is 1. The Kier molecular flexibility index (Phi) is 7.88. The number of non-ortho nitro benzene ring substituents is 1. The minimum Gasteiger partial charge on any atom is -0.493 e. The summed E-state index contributed by atoms with van der Waals surface area (Å²) < 4.78 is 10.5. The molecule has 0 aliphatic carbocycles. The van der Waals surface area contributed by atoms with Crippen molar-refractivity contribution in [2.75, 3.05) is 13.7 Å². The third-order valence-corrected chi connectivity index (χ3v) is 4.18. The number of ether oxygens (including phenoxy) is 2. The molecule has 2 rings (SSSR count). The SMILES string of the molecule is C=CCNC(=O)C(C#N)=Cc1ccc(OC(=O)c2cc([N+](=O)[O-])ccc2Cl)c(OC)c1. The molecule has 1 amide bonds. The Morgan fingerprint density at radius 2 is 2.03 bits per heavy atom. The predicted octanol–water partition coefficient (Wildman–Crippen LogP) is 3.69. The molecule has 0 atom stereocenters. The van der Waals surface area contributed by atoms with Crippen molar-refractivity contribution in [3.05, 3.63) is 80.9 Å². The summed E-state index contributed by atoms with van der Waals surface area (Å²) in [4.78, 5) is 34.7.